The molecule has 1 atom stereocenters. The van der Waals surface area contributed by atoms with Gasteiger partial charge in [0.2, 0.25) is 0 Å². The van der Waals surface area contributed by atoms with Gasteiger partial charge in [0.15, 0.2) is 0 Å². The Labute approximate surface area is 199 Å². The van der Waals surface area contributed by atoms with Crippen LogP contribution in [-0.2, 0) is 17.9 Å². The predicted molar refractivity (Wildman–Crippen MR) is 131 cm³/mol. The molecular weight excluding hydrogens is 428 g/mol. The highest BCUT2D eigenvalue weighted by atomic mass is 16.5. The Bertz CT molecular complexity index is 1330. The highest BCUT2D eigenvalue weighted by Gasteiger charge is 2.15. The lowest BCUT2D eigenvalue weighted by atomic mass is 9.96. The zero-order valence-corrected chi connectivity index (χ0v) is 19.6. The fraction of sp³-hybridized carbons (Fsp3) is 0.296. The van der Waals surface area contributed by atoms with Crippen LogP contribution in [0.25, 0.3) is 10.9 Å². The van der Waals surface area contributed by atoms with Crippen molar-refractivity contribution >= 4 is 16.9 Å². The molecule has 0 amide bonds. The molecule has 2 heterocycles. The van der Waals surface area contributed by atoms with Crippen LogP contribution in [0.4, 0.5) is 0 Å². The number of carbonyl (C=O) groups is 1. The summed E-state index contributed by atoms with van der Waals surface area (Å²) in [5.41, 5.74) is 3.98. The molecule has 7 nitrogen and oxygen atoms in total. The van der Waals surface area contributed by atoms with Crippen LogP contribution in [0.15, 0.2) is 60.9 Å². The molecule has 0 aliphatic heterocycles. The number of carboxylic acid groups (broad SMARTS) is 1. The van der Waals surface area contributed by atoms with Crippen molar-refractivity contribution in [3.63, 3.8) is 0 Å². The third-order valence-electron chi connectivity index (χ3n) is 5.59. The van der Waals surface area contributed by atoms with Gasteiger partial charge >= 0.3 is 5.97 Å². The van der Waals surface area contributed by atoms with Crippen molar-refractivity contribution in [3.8, 4) is 17.6 Å². The number of rotatable bonds is 9. The van der Waals surface area contributed by atoms with E-state index >= 15 is 0 Å². The SMILES string of the molecule is CC#C[C@@H](CC(=O)O)c1ccc(OCc2ccc3c(Cn4cccn4)nn(C(C)C)c3c2)cc1. The molecule has 0 unspecified atom stereocenters. The second-order valence-corrected chi connectivity index (χ2v) is 8.44. The number of hydrogen-bond acceptors (Lipinski definition) is 4. The van der Waals surface area contributed by atoms with Gasteiger partial charge in [-0.05, 0) is 56.2 Å². The zero-order valence-electron chi connectivity index (χ0n) is 19.6. The van der Waals surface area contributed by atoms with Gasteiger partial charge in [0.1, 0.15) is 12.4 Å². The van der Waals surface area contributed by atoms with Crippen molar-refractivity contribution in [1.82, 2.24) is 19.6 Å². The van der Waals surface area contributed by atoms with Crippen molar-refractivity contribution in [2.24, 2.45) is 0 Å². The van der Waals surface area contributed by atoms with Gasteiger partial charge in [0.25, 0.3) is 0 Å². The lowest BCUT2D eigenvalue weighted by Crippen LogP contribution is -2.05. The first kappa shape index (κ1) is 23.1. The van der Waals surface area contributed by atoms with Crippen LogP contribution in [0, 0.1) is 11.8 Å². The second kappa shape index (κ2) is 10.3. The molecule has 0 aliphatic carbocycles. The first-order chi connectivity index (χ1) is 16.4. The van der Waals surface area contributed by atoms with Crippen LogP contribution < -0.4 is 4.74 Å². The Kier molecular flexibility index (Phi) is 6.98. The van der Waals surface area contributed by atoms with Crippen LogP contribution in [0.2, 0.25) is 0 Å². The molecule has 2 aromatic heterocycles. The van der Waals surface area contributed by atoms with E-state index in [4.69, 9.17) is 14.9 Å². The number of nitrogens with zero attached hydrogens (tertiary/aromatic N) is 4. The molecule has 0 aliphatic rings. The Morgan fingerprint density at radius 3 is 2.62 bits per heavy atom. The molecule has 0 spiro atoms. The maximum absolute atomic E-state index is 11.1. The van der Waals surface area contributed by atoms with Crippen molar-refractivity contribution in [2.75, 3.05) is 0 Å². The minimum absolute atomic E-state index is 0.0209. The lowest BCUT2D eigenvalue weighted by Gasteiger charge is -2.11. The van der Waals surface area contributed by atoms with Crippen LogP contribution >= 0.6 is 0 Å². The van der Waals surface area contributed by atoms with Gasteiger partial charge in [0.05, 0.1) is 30.1 Å². The third kappa shape index (κ3) is 5.29. The third-order valence-corrected chi connectivity index (χ3v) is 5.59. The van der Waals surface area contributed by atoms with Crippen molar-refractivity contribution < 1.29 is 14.6 Å². The number of ether oxygens (including phenoxy) is 1. The number of aromatic nitrogens is 4. The first-order valence-electron chi connectivity index (χ1n) is 11.3. The number of carboxylic acids is 1. The standard InChI is InChI=1S/C27H28N4O3/c1-4-6-22(16-27(32)33)21-8-10-23(11-9-21)34-18-20-7-12-24-25(17-30-14-5-13-28-30)29-31(19(2)3)26(24)15-20/h5,7-15,19,22H,16-18H2,1-3H3,(H,32,33)/t22-/m0/s1. The fourth-order valence-corrected chi connectivity index (χ4v) is 3.96. The molecule has 174 valence electrons. The van der Waals surface area contributed by atoms with Crippen LogP contribution in [-0.4, -0.2) is 30.6 Å². The Morgan fingerprint density at radius 1 is 1.18 bits per heavy atom. The van der Waals surface area contributed by atoms with E-state index in [0.717, 1.165) is 33.5 Å². The molecule has 34 heavy (non-hydrogen) atoms. The van der Waals surface area contributed by atoms with E-state index < -0.39 is 5.97 Å². The van der Waals surface area contributed by atoms with E-state index in [2.05, 4.69) is 49.0 Å². The molecule has 0 saturated carbocycles. The normalized spacial score (nSPS) is 11.9. The van der Waals surface area contributed by atoms with Gasteiger partial charge < -0.3 is 9.84 Å². The fourth-order valence-electron chi connectivity index (χ4n) is 3.96. The van der Waals surface area contributed by atoms with Crippen LogP contribution in [0.1, 0.15) is 56.0 Å². The van der Waals surface area contributed by atoms with Gasteiger partial charge in [-0.25, -0.2) is 0 Å². The molecule has 4 aromatic rings. The molecule has 2 aromatic carbocycles. The number of hydrogen-bond donors (Lipinski definition) is 1. The molecule has 0 saturated heterocycles. The topological polar surface area (TPSA) is 82.2 Å². The molecule has 0 radical (unpaired) electrons. The largest absolute Gasteiger partial charge is 0.489 e. The average Bonchev–Trinajstić information content (AvgIpc) is 3.46. The number of aliphatic carboxylic acids is 1. The minimum Gasteiger partial charge on any atom is -0.489 e. The summed E-state index contributed by atoms with van der Waals surface area (Å²) >= 11 is 0. The Balaban J connectivity index is 1.50. The smallest absolute Gasteiger partial charge is 0.304 e. The molecular formula is C27H28N4O3. The van der Waals surface area contributed by atoms with Gasteiger partial charge in [-0.2, -0.15) is 10.2 Å². The molecule has 0 fully saturated rings. The van der Waals surface area contributed by atoms with Crippen molar-refractivity contribution in [1.29, 1.82) is 0 Å². The quantitative estimate of drug-likeness (QED) is 0.358. The van der Waals surface area contributed by atoms with Crippen LogP contribution in [0.3, 0.4) is 0 Å². The lowest BCUT2D eigenvalue weighted by molar-refractivity contribution is -0.137. The van der Waals surface area contributed by atoms with Crippen molar-refractivity contribution in [3.05, 3.63) is 77.7 Å². The summed E-state index contributed by atoms with van der Waals surface area (Å²) < 4.78 is 9.93. The average molecular weight is 457 g/mol. The van der Waals surface area contributed by atoms with Gasteiger partial charge in [-0.3, -0.25) is 14.2 Å². The van der Waals surface area contributed by atoms with E-state index in [1.54, 1.807) is 13.1 Å². The van der Waals surface area contributed by atoms with Gasteiger partial charge in [-0.1, -0.05) is 30.2 Å². The zero-order chi connectivity index (χ0) is 24.1. The molecule has 0 bridgehead atoms. The first-order valence-corrected chi connectivity index (χ1v) is 11.3. The summed E-state index contributed by atoms with van der Waals surface area (Å²) in [7, 11) is 0. The Hall–Kier alpha value is -4.05. The number of benzene rings is 2. The highest BCUT2D eigenvalue weighted by molar-refractivity contribution is 5.83. The summed E-state index contributed by atoms with van der Waals surface area (Å²) in [4.78, 5) is 11.1. The summed E-state index contributed by atoms with van der Waals surface area (Å²) in [6.07, 6.45) is 3.69. The van der Waals surface area contributed by atoms with Crippen LogP contribution in [0.5, 0.6) is 5.75 Å². The summed E-state index contributed by atoms with van der Waals surface area (Å²) in [5.74, 6) is 5.32. The van der Waals surface area contributed by atoms with E-state index in [0.29, 0.717) is 13.2 Å². The second-order valence-electron chi connectivity index (χ2n) is 8.44. The predicted octanol–water partition coefficient (Wildman–Crippen LogP) is 5.02. The Morgan fingerprint density at radius 2 is 1.97 bits per heavy atom. The van der Waals surface area contributed by atoms with E-state index in [9.17, 15) is 4.79 Å². The number of fused-ring (bicyclic) bond motifs is 1. The molecule has 7 heteroatoms. The van der Waals surface area contributed by atoms with Gasteiger partial charge in [-0.15, -0.1) is 5.92 Å². The van der Waals surface area contributed by atoms with E-state index in [1.165, 1.54) is 0 Å². The highest BCUT2D eigenvalue weighted by Crippen LogP contribution is 2.26. The van der Waals surface area contributed by atoms with E-state index in [-0.39, 0.29) is 18.4 Å². The van der Waals surface area contributed by atoms with Gasteiger partial charge in [0, 0.05) is 23.8 Å². The molecule has 1 N–H and O–H groups in total. The maximum atomic E-state index is 11.1. The monoisotopic (exact) mass is 456 g/mol. The van der Waals surface area contributed by atoms with E-state index in [1.807, 2.05) is 45.9 Å². The minimum atomic E-state index is -0.864. The summed E-state index contributed by atoms with van der Waals surface area (Å²) in [6.45, 7) is 7.00. The summed E-state index contributed by atoms with van der Waals surface area (Å²) in [6, 6.07) is 15.9. The summed E-state index contributed by atoms with van der Waals surface area (Å²) in [5, 5.41) is 19.4. The molecule has 4 rings (SSSR count). The maximum Gasteiger partial charge on any atom is 0.304 e. The van der Waals surface area contributed by atoms with Crippen molar-refractivity contribution in [2.45, 2.75) is 52.3 Å².